The number of hydrogen-bond donors (Lipinski definition) is 3. The molecule has 3 aromatic heterocycles. The van der Waals surface area contributed by atoms with Crippen molar-refractivity contribution in [2.24, 2.45) is 0 Å². The van der Waals surface area contributed by atoms with Crippen LogP contribution in [0.1, 0.15) is 10.4 Å². The van der Waals surface area contributed by atoms with Crippen molar-refractivity contribution in [3.8, 4) is 11.4 Å². The van der Waals surface area contributed by atoms with Gasteiger partial charge in [-0.2, -0.15) is 5.10 Å². The molecule has 4 aromatic rings. The number of aromatic nitrogens is 3. The molecular weight excluding hydrogens is 274 g/mol. The lowest BCUT2D eigenvalue weighted by Gasteiger charge is -1.93. The third-order valence-electron chi connectivity index (χ3n) is 3.29. The van der Waals surface area contributed by atoms with Gasteiger partial charge < -0.3 is 10.1 Å². The second-order valence-corrected chi connectivity index (χ2v) is 5.44. The van der Waals surface area contributed by atoms with Crippen molar-refractivity contribution < 1.29 is 9.90 Å². The number of H-pyrrole nitrogens is 2. The third-order valence-corrected chi connectivity index (χ3v) is 4.21. The number of carboxylic acids is 1. The summed E-state index contributed by atoms with van der Waals surface area (Å²) < 4.78 is 1.09. The average Bonchev–Trinajstić information content (AvgIpc) is 3.11. The van der Waals surface area contributed by atoms with Crippen molar-refractivity contribution in [2.75, 3.05) is 0 Å². The van der Waals surface area contributed by atoms with Gasteiger partial charge in [0, 0.05) is 10.9 Å². The Hall–Kier alpha value is -2.60. The molecule has 0 spiro atoms. The van der Waals surface area contributed by atoms with E-state index in [1.807, 2.05) is 17.5 Å². The van der Waals surface area contributed by atoms with Crippen molar-refractivity contribution in [1.29, 1.82) is 0 Å². The number of aromatic amines is 2. The minimum absolute atomic E-state index is 0.272. The average molecular weight is 283 g/mol. The van der Waals surface area contributed by atoms with E-state index in [0.717, 1.165) is 32.5 Å². The predicted octanol–water partition coefficient (Wildman–Crippen LogP) is 3.47. The molecule has 0 aliphatic carbocycles. The minimum Gasteiger partial charge on any atom is -0.478 e. The van der Waals surface area contributed by atoms with Crippen LogP contribution in [-0.4, -0.2) is 26.3 Å². The standard InChI is InChI=1S/C14H9N3O2S/c18-14(19)8-2-1-7-5-11(15-10(7)6-8)12-13-9(16-17-12)3-4-20-13/h1-6,15H,(H,16,17)(H,18,19). The molecule has 0 amide bonds. The highest BCUT2D eigenvalue weighted by Crippen LogP contribution is 2.31. The fourth-order valence-electron chi connectivity index (χ4n) is 2.32. The number of carboxylic acid groups (broad SMARTS) is 1. The maximum absolute atomic E-state index is 11.0. The van der Waals surface area contributed by atoms with Gasteiger partial charge >= 0.3 is 5.97 Å². The van der Waals surface area contributed by atoms with Gasteiger partial charge in [-0.3, -0.25) is 5.10 Å². The maximum atomic E-state index is 11.0. The van der Waals surface area contributed by atoms with Crippen LogP contribution in [0.4, 0.5) is 0 Å². The smallest absolute Gasteiger partial charge is 0.335 e. The zero-order chi connectivity index (χ0) is 13.7. The van der Waals surface area contributed by atoms with Gasteiger partial charge in [-0.05, 0) is 29.6 Å². The Morgan fingerprint density at radius 3 is 2.95 bits per heavy atom. The van der Waals surface area contributed by atoms with Gasteiger partial charge in [0.1, 0.15) is 5.69 Å². The number of thiophene rings is 1. The molecule has 0 aliphatic rings. The molecular formula is C14H9N3O2S. The number of fused-ring (bicyclic) bond motifs is 2. The lowest BCUT2D eigenvalue weighted by molar-refractivity contribution is 0.0697. The van der Waals surface area contributed by atoms with Crippen LogP contribution in [0.5, 0.6) is 0 Å². The van der Waals surface area contributed by atoms with Gasteiger partial charge in [0.2, 0.25) is 0 Å². The minimum atomic E-state index is -0.927. The first-order valence-electron chi connectivity index (χ1n) is 6.00. The highest BCUT2D eigenvalue weighted by Gasteiger charge is 2.12. The largest absolute Gasteiger partial charge is 0.478 e. The summed E-state index contributed by atoms with van der Waals surface area (Å²) in [4.78, 5) is 14.2. The van der Waals surface area contributed by atoms with E-state index in [0.29, 0.717) is 0 Å². The summed E-state index contributed by atoms with van der Waals surface area (Å²) in [5, 5.41) is 19.3. The lowest BCUT2D eigenvalue weighted by atomic mass is 10.1. The zero-order valence-corrected chi connectivity index (χ0v) is 11.0. The van der Waals surface area contributed by atoms with Crippen molar-refractivity contribution in [2.45, 2.75) is 0 Å². The fourth-order valence-corrected chi connectivity index (χ4v) is 3.17. The molecule has 3 N–H and O–H groups in total. The number of nitrogens with one attached hydrogen (secondary N) is 2. The number of hydrogen-bond acceptors (Lipinski definition) is 3. The van der Waals surface area contributed by atoms with E-state index in [1.165, 1.54) is 0 Å². The Kier molecular flexibility index (Phi) is 2.22. The molecule has 0 radical (unpaired) electrons. The van der Waals surface area contributed by atoms with Crippen LogP contribution in [-0.2, 0) is 0 Å². The molecule has 0 aliphatic heterocycles. The van der Waals surface area contributed by atoms with Crippen molar-refractivity contribution in [3.05, 3.63) is 41.3 Å². The Labute approximate surface area is 116 Å². The van der Waals surface area contributed by atoms with Crippen LogP contribution < -0.4 is 0 Å². The quantitative estimate of drug-likeness (QED) is 0.527. The summed E-state index contributed by atoms with van der Waals surface area (Å²) in [5.41, 5.74) is 3.83. The zero-order valence-electron chi connectivity index (χ0n) is 10.2. The van der Waals surface area contributed by atoms with Gasteiger partial charge in [-0.15, -0.1) is 11.3 Å². The molecule has 0 unspecified atom stereocenters. The number of carbonyl (C=O) groups is 1. The molecule has 4 rings (SSSR count). The molecule has 0 atom stereocenters. The summed E-state index contributed by atoms with van der Waals surface area (Å²) >= 11 is 1.63. The van der Waals surface area contributed by atoms with Crippen LogP contribution >= 0.6 is 11.3 Å². The second-order valence-electron chi connectivity index (χ2n) is 4.53. The lowest BCUT2D eigenvalue weighted by Crippen LogP contribution is -1.94. The summed E-state index contributed by atoms with van der Waals surface area (Å²) in [7, 11) is 0. The molecule has 6 heteroatoms. The van der Waals surface area contributed by atoms with E-state index >= 15 is 0 Å². The predicted molar refractivity (Wildman–Crippen MR) is 78.2 cm³/mol. The monoisotopic (exact) mass is 283 g/mol. The van der Waals surface area contributed by atoms with Crippen LogP contribution in [0.3, 0.4) is 0 Å². The van der Waals surface area contributed by atoms with E-state index in [-0.39, 0.29) is 5.56 Å². The van der Waals surface area contributed by atoms with E-state index in [9.17, 15) is 4.79 Å². The van der Waals surface area contributed by atoms with Gasteiger partial charge in [0.25, 0.3) is 0 Å². The van der Waals surface area contributed by atoms with E-state index in [1.54, 1.807) is 29.5 Å². The van der Waals surface area contributed by atoms with Crippen LogP contribution in [0.15, 0.2) is 35.7 Å². The molecule has 0 saturated carbocycles. The Morgan fingerprint density at radius 2 is 2.10 bits per heavy atom. The first-order valence-corrected chi connectivity index (χ1v) is 6.88. The summed E-state index contributed by atoms with van der Waals surface area (Å²) in [6.07, 6.45) is 0. The maximum Gasteiger partial charge on any atom is 0.335 e. The summed E-state index contributed by atoms with van der Waals surface area (Å²) in [5.74, 6) is -0.927. The topological polar surface area (TPSA) is 81.8 Å². The van der Waals surface area contributed by atoms with Crippen molar-refractivity contribution in [1.82, 2.24) is 15.2 Å². The molecule has 0 bridgehead atoms. The normalized spacial score (nSPS) is 11.4. The Balaban J connectivity index is 1.92. The van der Waals surface area contributed by atoms with Gasteiger partial charge in [0.15, 0.2) is 0 Å². The van der Waals surface area contributed by atoms with Crippen molar-refractivity contribution in [3.63, 3.8) is 0 Å². The van der Waals surface area contributed by atoms with E-state index in [2.05, 4.69) is 15.2 Å². The molecule has 0 saturated heterocycles. The Morgan fingerprint density at radius 1 is 1.20 bits per heavy atom. The number of aromatic carboxylic acids is 1. The molecule has 20 heavy (non-hydrogen) atoms. The highest BCUT2D eigenvalue weighted by atomic mass is 32.1. The van der Waals surface area contributed by atoms with Crippen LogP contribution in [0.25, 0.3) is 32.5 Å². The number of benzene rings is 1. The SMILES string of the molecule is O=C(O)c1ccc2cc(-c3n[nH]c4ccsc34)[nH]c2c1. The van der Waals surface area contributed by atoms with Gasteiger partial charge in [0.05, 0.1) is 21.5 Å². The number of rotatable bonds is 2. The van der Waals surface area contributed by atoms with Crippen molar-refractivity contribution >= 4 is 38.4 Å². The van der Waals surface area contributed by atoms with Crippen LogP contribution in [0.2, 0.25) is 0 Å². The third kappa shape index (κ3) is 1.55. The summed E-state index contributed by atoms with van der Waals surface area (Å²) in [6, 6.07) is 9.02. The Bertz CT molecular complexity index is 948. The number of nitrogens with zero attached hydrogens (tertiary/aromatic N) is 1. The first kappa shape index (κ1) is 11.2. The van der Waals surface area contributed by atoms with Gasteiger partial charge in [-0.1, -0.05) is 6.07 Å². The fraction of sp³-hybridized carbons (Fsp3) is 0. The molecule has 5 nitrogen and oxygen atoms in total. The molecule has 98 valence electrons. The molecule has 1 aromatic carbocycles. The van der Waals surface area contributed by atoms with Crippen LogP contribution in [0, 0.1) is 0 Å². The highest BCUT2D eigenvalue weighted by molar-refractivity contribution is 7.17. The first-order chi connectivity index (χ1) is 9.72. The van der Waals surface area contributed by atoms with E-state index < -0.39 is 5.97 Å². The van der Waals surface area contributed by atoms with Gasteiger partial charge in [-0.25, -0.2) is 4.79 Å². The summed E-state index contributed by atoms with van der Waals surface area (Å²) in [6.45, 7) is 0. The second kappa shape index (κ2) is 3.94. The molecule has 3 heterocycles. The van der Waals surface area contributed by atoms with E-state index in [4.69, 9.17) is 5.11 Å². The molecule has 0 fully saturated rings.